The number of aromatic nitrogens is 5. The maximum Gasteiger partial charge on any atom is 0.273 e. The van der Waals surface area contributed by atoms with Gasteiger partial charge in [0.1, 0.15) is 18.3 Å². The first-order chi connectivity index (χ1) is 19.3. The first-order valence-corrected chi connectivity index (χ1v) is 13.8. The van der Waals surface area contributed by atoms with Crippen molar-refractivity contribution in [2.45, 2.75) is 44.9 Å². The average molecular weight is 580 g/mol. The Bertz CT molecular complexity index is 1590. The van der Waals surface area contributed by atoms with Crippen molar-refractivity contribution in [3.8, 4) is 5.69 Å². The van der Waals surface area contributed by atoms with Gasteiger partial charge < -0.3 is 14.9 Å². The van der Waals surface area contributed by atoms with Crippen LogP contribution in [0.4, 0.5) is 0 Å². The lowest BCUT2D eigenvalue weighted by molar-refractivity contribution is 0.0514. The summed E-state index contributed by atoms with van der Waals surface area (Å²) in [6.07, 6.45) is 3.59. The van der Waals surface area contributed by atoms with E-state index in [-0.39, 0.29) is 37.0 Å². The van der Waals surface area contributed by atoms with Crippen LogP contribution in [-0.4, -0.2) is 70.5 Å². The van der Waals surface area contributed by atoms with Gasteiger partial charge in [-0.1, -0.05) is 35.3 Å². The van der Waals surface area contributed by atoms with Gasteiger partial charge in [-0.15, -0.1) is 0 Å². The van der Waals surface area contributed by atoms with Gasteiger partial charge in [0, 0.05) is 30.1 Å². The first kappa shape index (κ1) is 26.5. The van der Waals surface area contributed by atoms with Crippen LogP contribution >= 0.6 is 23.2 Å². The highest BCUT2D eigenvalue weighted by molar-refractivity contribution is 6.42. The highest BCUT2D eigenvalue weighted by Gasteiger charge is 2.41. The molecule has 2 aliphatic rings. The Morgan fingerprint density at radius 2 is 1.93 bits per heavy atom. The molecule has 1 N–H and O–H groups in total. The Kier molecular flexibility index (Phi) is 6.85. The molecule has 0 radical (unpaired) electrons. The number of nitrogens with zero attached hydrogens (tertiary/aromatic N) is 7. The van der Waals surface area contributed by atoms with E-state index in [0.29, 0.717) is 39.8 Å². The lowest BCUT2D eigenvalue weighted by atomic mass is 9.96. The van der Waals surface area contributed by atoms with Crippen molar-refractivity contribution in [3.05, 3.63) is 93.2 Å². The highest BCUT2D eigenvalue weighted by atomic mass is 35.5. The van der Waals surface area contributed by atoms with Crippen LogP contribution in [0.25, 0.3) is 5.69 Å². The van der Waals surface area contributed by atoms with E-state index in [4.69, 9.17) is 28.3 Å². The predicted molar refractivity (Wildman–Crippen MR) is 149 cm³/mol. The van der Waals surface area contributed by atoms with Crippen molar-refractivity contribution in [2.24, 2.45) is 0 Å². The van der Waals surface area contributed by atoms with Crippen LogP contribution < -0.4 is 0 Å². The Labute approximate surface area is 240 Å². The molecule has 6 rings (SSSR count). The number of rotatable bonds is 5. The second-order valence-electron chi connectivity index (χ2n) is 10.2. The number of carbonyl (C=O) groups is 2. The van der Waals surface area contributed by atoms with E-state index in [0.717, 1.165) is 16.9 Å². The molecule has 206 valence electrons. The molecule has 4 heterocycles. The Hall–Kier alpha value is -3.73. The molecule has 0 saturated carbocycles. The molecule has 2 amide bonds. The fourth-order valence-electron chi connectivity index (χ4n) is 5.54. The monoisotopic (exact) mass is 579 g/mol. The summed E-state index contributed by atoms with van der Waals surface area (Å²) in [5, 5.41) is 19.9. The van der Waals surface area contributed by atoms with Crippen molar-refractivity contribution in [1.29, 1.82) is 0 Å². The molecule has 12 heteroatoms. The number of aliphatic hydroxyl groups excluding tert-OH is 1. The van der Waals surface area contributed by atoms with Gasteiger partial charge in [0.2, 0.25) is 0 Å². The molecule has 2 aromatic carbocycles. The normalized spacial score (nSPS) is 19.4. The van der Waals surface area contributed by atoms with Crippen LogP contribution in [0.3, 0.4) is 0 Å². The molecule has 3 atom stereocenters. The summed E-state index contributed by atoms with van der Waals surface area (Å²) in [5.74, 6) is -0.376. The van der Waals surface area contributed by atoms with Crippen molar-refractivity contribution >= 4 is 35.0 Å². The Morgan fingerprint density at radius 3 is 2.60 bits per heavy atom. The van der Waals surface area contributed by atoms with Crippen molar-refractivity contribution in [1.82, 2.24) is 34.3 Å². The molecule has 0 aliphatic carbocycles. The quantitative estimate of drug-likeness (QED) is 0.381. The number of carbonyl (C=O) groups excluding carboxylic acids is 2. The molecule has 0 fully saturated rings. The van der Waals surface area contributed by atoms with Gasteiger partial charge >= 0.3 is 0 Å². The molecule has 0 spiro atoms. The maximum absolute atomic E-state index is 14.0. The smallest absolute Gasteiger partial charge is 0.273 e. The van der Waals surface area contributed by atoms with Gasteiger partial charge in [0.05, 0.1) is 46.7 Å². The van der Waals surface area contributed by atoms with Crippen molar-refractivity contribution in [3.63, 3.8) is 0 Å². The minimum atomic E-state index is -0.398. The van der Waals surface area contributed by atoms with Crippen LogP contribution in [0.1, 0.15) is 63.6 Å². The van der Waals surface area contributed by atoms with E-state index >= 15 is 0 Å². The van der Waals surface area contributed by atoms with E-state index < -0.39 is 6.04 Å². The summed E-state index contributed by atoms with van der Waals surface area (Å²) in [5.41, 5.74) is 4.15. The molecule has 4 aromatic rings. The first-order valence-electron chi connectivity index (χ1n) is 13.0. The number of fused-ring (bicyclic) bond motifs is 3. The second kappa shape index (κ2) is 10.3. The second-order valence-corrected chi connectivity index (χ2v) is 11.0. The molecular weight excluding hydrogens is 553 g/mol. The third kappa shape index (κ3) is 4.46. The Balaban J connectivity index is 1.31. The minimum Gasteiger partial charge on any atom is -0.394 e. The van der Waals surface area contributed by atoms with E-state index in [1.807, 2.05) is 38.1 Å². The minimum absolute atomic E-state index is 0.146. The standard InChI is InChI=1S/C28H27Cl2N7O3/c1-16-9-25-22(12-34(16)27(39)19-5-8-23(29)24(30)10-19)26-28(40)35(11-21(13-38)37(26)33-25)17(2)18-3-6-20(7-4-18)36-15-31-14-32-36/h3-8,10,14-17,21,38H,9,11-13H2,1-2H3/t16-,17?,21+/m1/s1. The summed E-state index contributed by atoms with van der Waals surface area (Å²) >= 11 is 12.2. The number of halogens is 2. The largest absolute Gasteiger partial charge is 0.394 e. The average Bonchev–Trinajstić information content (AvgIpc) is 3.62. The van der Waals surface area contributed by atoms with Crippen LogP contribution in [0.15, 0.2) is 55.1 Å². The zero-order valence-corrected chi connectivity index (χ0v) is 23.4. The number of amides is 2. The lowest BCUT2D eigenvalue weighted by Crippen LogP contribution is -2.46. The zero-order valence-electron chi connectivity index (χ0n) is 21.9. The molecule has 0 bridgehead atoms. The molecule has 0 saturated heterocycles. The number of benzene rings is 2. The zero-order chi connectivity index (χ0) is 28.1. The van der Waals surface area contributed by atoms with Gasteiger partial charge in [0.15, 0.2) is 0 Å². The van der Waals surface area contributed by atoms with Crippen LogP contribution in [0.2, 0.25) is 10.0 Å². The number of hydrogen-bond donors (Lipinski definition) is 1. The molecular formula is C28H27Cl2N7O3. The molecule has 1 unspecified atom stereocenters. The van der Waals surface area contributed by atoms with Gasteiger partial charge in [-0.2, -0.15) is 10.2 Å². The lowest BCUT2D eigenvalue weighted by Gasteiger charge is -2.38. The van der Waals surface area contributed by atoms with E-state index in [1.165, 1.54) is 6.33 Å². The summed E-state index contributed by atoms with van der Waals surface area (Å²) in [6.45, 7) is 4.30. The molecule has 2 aliphatic heterocycles. The third-order valence-corrected chi connectivity index (χ3v) is 8.56. The van der Waals surface area contributed by atoms with Gasteiger partial charge in [-0.05, 0) is 49.7 Å². The SMILES string of the molecule is CC(c1ccc(-n2cncn2)cc1)N1C[C@@H](CO)n2nc3c(c2C1=O)CN(C(=O)c1ccc(Cl)c(Cl)c1)[C@H](C)C3. The summed E-state index contributed by atoms with van der Waals surface area (Å²) in [4.78, 5) is 35.0. The van der Waals surface area contributed by atoms with Crippen molar-refractivity contribution < 1.29 is 14.7 Å². The Morgan fingerprint density at radius 1 is 1.15 bits per heavy atom. The third-order valence-electron chi connectivity index (χ3n) is 7.82. The summed E-state index contributed by atoms with van der Waals surface area (Å²) in [7, 11) is 0. The molecule has 2 aromatic heterocycles. The molecule has 10 nitrogen and oxygen atoms in total. The van der Waals surface area contributed by atoms with E-state index in [9.17, 15) is 14.7 Å². The van der Waals surface area contributed by atoms with E-state index in [2.05, 4.69) is 10.1 Å². The fourth-order valence-corrected chi connectivity index (χ4v) is 5.84. The van der Waals surface area contributed by atoms with Crippen LogP contribution in [-0.2, 0) is 13.0 Å². The summed E-state index contributed by atoms with van der Waals surface area (Å²) in [6, 6.07) is 11.8. The van der Waals surface area contributed by atoms with Crippen LogP contribution in [0, 0.1) is 0 Å². The maximum atomic E-state index is 14.0. The number of hydrogen-bond acceptors (Lipinski definition) is 6. The number of aliphatic hydroxyl groups is 1. The molecule has 40 heavy (non-hydrogen) atoms. The van der Waals surface area contributed by atoms with Gasteiger partial charge in [-0.3, -0.25) is 14.3 Å². The topological polar surface area (TPSA) is 109 Å². The van der Waals surface area contributed by atoms with Crippen molar-refractivity contribution in [2.75, 3.05) is 13.2 Å². The highest BCUT2D eigenvalue weighted by Crippen LogP contribution is 2.35. The predicted octanol–water partition coefficient (Wildman–Crippen LogP) is 4.11. The van der Waals surface area contributed by atoms with E-state index in [1.54, 1.807) is 43.7 Å². The summed E-state index contributed by atoms with van der Waals surface area (Å²) < 4.78 is 3.32. The van der Waals surface area contributed by atoms with Crippen LogP contribution in [0.5, 0.6) is 0 Å². The fraction of sp³-hybridized carbons (Fsp3) is 0.321. The van der Waals surface area contributed by atoms with Gasteiger partial charge in [0.25, 0.3) is 11.8 Å². The van der Waals surface area contributed by atoms with Gasteiger partial charge in [-0.25, -0.2) is 9.67 Å².